The van der Waals surface area contributed by atoms with Crippen molar-refractivity contribution in [3.05, 3.63) is 29.3 Å². The van der Waals surface area contributed by atoms with E-state index < -0.39 is 0 Å². The lowest BCUT2D eigenvalue weighted by atomic mass is 10.1. The van der Waals surface area contributed by atoms with Crippen LogP contribution < -0.4 is 5.32 Å². The first-order chi connectivity index (χ1) is 7.04. The van der Waals surface area contributed by atoms with Crippen LogP contribution in [-0.2, 0) is 0 Å². The van der Waals surface area contributed by atoms with Crippen LogP contribution in [0, 0.1) is 13.8 Å². The van der Waals surface area contributed by atoms with E-state index in [1.54, 1.807) is 11.9 Å². The molecule has 0 bridgehead atoms. The van der Waals surface area contributed by atoms with Crippen LogP contribution in [-0.4, -0.2) is 24.5 Å². The Morgan fingerprint density at radius 2 is 2.07 bits per heavy atom. The van der Waals surface area contributed by atoms with Gasteiger partial charge >= 0.3 is 6.03 Å². The third-order valence-electron chi connectivity index (χ3n) is 2.46. The fourth-order valence-electron chi connectivity index (χ4n) is 1.22. The summed E-state index contributed by atoms with van der Waals surface area (Å²) >= 11 is 0. The molecule has 0 radical (unpaired) electrons. The van der Waals surface area contributed by atoms with Crippen LogP contribution >= 0.6 is 0 Å². The van der Waals surface area contributed by atoms with Crippen LogP contribution in [0.3, 0.4) is 0 Å². The molecule has 82 valence electrons. The molecule has 15 heavy (non-hydrogen) atoms. The highest BCUT2D eigenvalue weighted by atomic mass is 16.2. The third-order valence-corrected chi connectivity index (χ3v) is 2.46. The molecule has 0 saturated carbocycles. The molecule has 0 aliphatic carbocycles. The molecule has 0 saturated heterocycles. The van der Waals surface area contributed by atoms with Crippen molar-refractivity contribution in [1.82, 2.24) is 4.90 Å². The first kappa shape index (κ1) is 11.6. The molecule has 0 fully saturated rings. The number of anilines is 1. The van der Waals surface area contributed by atoms with Gasteiger partial charge in [-0.1, -0.05) is 12.1 Å². The second-order valence-electron chi connectivity index (χ2n) is 3.76. The Kier molecular flexibility index (Phi) is 3.72. The topological polar surface area (TPSA) is 32.3 Å². The summed E-state index contributed by atoms with van der Waals surface area (Å²) < 4.78 is 0. The zero-order valence-electron chi connectivity index (χ0n) is 9.79. The van der Waals surface area contributed by atoms with Gasteiger partial charge in [0.2, 0.25) is 0 Å². The summed E-state index contributed by atoms with van der Waals surface area (Å²) in [6.07, 6.45) is 0. The Labute approximate surface area is 91.1 Å². The van der Waals surface area contributed by atoms with E-state index in [9.17, 15) is 4.79 Å². The lowest BCUT2D eigenvalue weighted by Gasteiger charge is -2.16. The highest BCUT2D eigenvalue weighted by Crippen LogP contribution is 2.16. The van der Waals surface area contributed by atoms with Gasteiger partial charge in [0.25, 0.3) is 0 Å². The fourth-order valence-corrected chi connectivity index (χ4v) is 1.22. The summed E-state index contributed by atoms with van der Waals surface area (Å²) in [5.74, 6) is 0. The number of rotatable bonds is 2. The highest BCUT2D eigenvalue weighted by Gasteiger charge is 2.07. The first-order valence-electron chi connectivity index (χ1n) is 5.14. The minimum absolute atomic E-state index is 0.0637. The number of nitrogens with one attached hydrogen (secondary N) is 1. The Morgan fingerprint density at radius 3 is 2.67 bits per heavy atom. The van der Waals surface area contributed by atoms with Gasteiger partial charge in [-0.15, -0.1) is 0 Å². The van der Waals surface area contributed by atoms with E-state index in [0.717, 1.165) is 16.8 Å². The number of hydrogen-bond donors (Lipinski definition) is 1. The molecule has 0 heterocycles. The van der Waals surface area contributed by atoms with E-state index in [0.29, 0.717) is 6.54 Å². The second-order valence-corrected chi connectivity index (χ2v) is 3.76. The molecule has 0 aromatic heterocycles. The van der Waals surface area contributed by atoms with Gasteiger partial charge in [-0.05, 0) is 38.0 Å². The van der Waals surface area contributed by atoms with Gasteiger partial charge in [-0.3, -0.25) is 0 Å². The molecule has 2 amide bonds. The molecular formula is C12H18N2O. The van der Waals surface area contributed by atoms with Crippen molar-refractivity contribution in [2.45, 2.75) is 20.8 Å². The van der Waals surface area contributed by atoms with E-state index in [4.69, 9.17) is 0 Å². The maximum Gasteiger partial charge on any atom is 0.321 e. The van der Waals surface area contributed by atoms with E-state index >= 15 is 0 Å². The zero-order valence-corrected chi connectivity index (χ0v) is 9.79. The number of carbonyl (C=O) groups is 1. The van der Waals surface area contributed by atoms with Crippen molar-refractivity contribution in [3.8, 4) is 0 Å². The molecule has 1 rings (SSSR count). The van der Waals surface area contributed by atoms with Gasteiger partial charge in [0, 0.05) is 19.3 Å². The summed E-state index contributed by atoms with van der Waals surface area (Å²) in [6.45, 7) is 6.65. The number of nitrogens with zero attached hydrogens (tertiary/aromatic N) is 1. The summed E-state index contributed by atoms with van der Waals surface area (Å²) in [6, 6.07) is 5.97. The molecule has 1 aromatic carbocycles. The van der Waals surface area contributed by atoms with Crippen molar-refractivity contribution < 1.29 is 4.79 Å². The van der Waals surface area contributed by atoms with Crippen molar-refractivity contribution >= 4 is 11.7 Å². The van der Waals surface area contributed by atoms with Gasteiger partial charge < -0.3 is 10.2 Å². The Balaban J connectivity index is 2.80. The number of carbonyl (C=O) groups excluding carboxylic acids is 1. The van der Waals surface area contributed by atoms with Crippen LogP contribution in [0.25, 0.3) is 0 Å². The standard InChI is InChI=1S/C12H18N2O/c1-5-14(4)12(15)13-11-8-9(2)6-7-10(11)3/h6-8H,5H2,1-4H3,(H,13,15). The molecule has 3 heteroatoms. The predicted octanol–water partition coefficient (Wildman–Crippen LogP) is 2.79. The maximum atomic E-state index is 11.6. The van der Waals surface area contributed by atoms with Crippen molar-refractivity contribution in [1.29, 1.82) is 0 Å². The van der Waals surface area contributed by atoms with Crippen LogP contribution in [0.15, 0.2) is 18.2 Å². The largest absolute Gasteiger partial charge is 0.328 e. The van der Waals surface area contributed by atoms with Gasteiger partial charge in [-0.2, -0.15) is 0 Å². The Morgan fingerprint density at radius 1 is 1.40 bits per heavy atom. The predicted molar refractivity (Wildman–Crippen MR) is 63.2 cm³/mol. The Hall–Kier alpha value is -1.51. The van der Waals surface area contributed by atoms with Crippen LogP contribution in [0.5, 0.6) is 0 Å². The maximum absolute atomic E-state index is 11.6. The minimum Gasteiger partial charge on any atom is -0.328 e. The molecule has 3 nitrogen and oxygen atoms in total. The molecule has 0 unspecified atom stereocenters. The molecular weight excluding hydrogens is 188 g/mol. The highest BCUT2D eigenvalue weighted by molar-refractivity contribution is 5.90. The van der Waals surface area contributed by atoms with E-state index in [-0.39, 0.29) is 6.03 Å². The molecule has 0 spiro atoms. The quantitative estimate of drug-likeness (QED) is 0.792. The average molecular weight is 206 g/mol. The lowest BCUT2D eigenvalue weighted by molar-refractivity contribution is 0.224. The molecule has 0 atom stereocenters. The molecule has 1 aromatic rings. The SMILES string of the molecule is CCN(C)C(=O)Nc1cc(C)ccc1C. The summed E-state index contributed by atoms with van der Waals surface area (Å²) in [5, 5.41) is 2.89. The van der Waals surface area contributed by atoms with E-state index in [1.165, 1.54) is 0 Å². The monoisotopic (exact) mass is 206 g/mol. The van der Waals surface area contributed by atoms with Gasteiger partial charge in [0.05, 0.1) is 0 Å². The number of urea groups is 1. The number of hydrogen-bond acceptors (Lipinski definition) is 1. The first-order valence-corrected chi connectivity index (χ1v) is 5.14. The van der Waals surface area contributed by atoms with Gasteiger partial charge in [0.15, 0.2) is 0 Å². The number of aryl methyl sites for hydroxylation is 2. The number of benzene rings is 1. The van der Waals surface area contributed by atoms with E-state index in [1.807, 2.05) is 39.0 Å². The fraction of sp³-hybridized carbons (Fsp3) is 0.417. The Bertz CT molecular complexity index is 361. The van der Waals surface area contributed by atoms with Gasteiger partial charge in [0.1, 0.15) is 0 Å². The average Bonchev–Trinajstić information content (AvgIpc) is 2.22. The summed E-state index contributed by atoms with van der Waals surface area (Å²) in [5.41, 5.74) is 3.12. The second kappa shape index (κ2) is 4.82. The van der Waals surface area contributed by atoms with E-state index in [2.05, 4.69) is 5.32 Å². The minimum atomic E-state index is -0.0637. The zero-order chi connectivity index (χ0) is 11.4. The molecule has 0 aliphatic heterocycles. The summed E-state index contributed by atoms with van der Waals surface area (Å²) in [7, 11) is 1.78. The normalized spacial score (nSPS) is 9.87. The van der Waals surface area contributed by atoms with Crippen molar-refractivity contribution in [3.63, 3.8) is 0 Å². The third kappa shape index (κ3) is 2.98. The van der Waals surface area contributed by atoms with Crippen molar-refractivity contribution in [2.24, 2.45) is 0 Å². The van der Waals surface area contributed by atoms with Gasteiger partial charge in [-0.25, -0.2) is 4.79 Å². The van der Waals surface area contributed by atoms with Crippen LogP contribution in [0.1, 0.15) is 18.1 Å². The molecule has 0 aliphatic rings. The lowest BCUT2D eigenvalue weighted by Crippen LogP contribution is -2.31. The summed E-state index contributed by atoms with van der Waals surface area (Å²) in [4.78, 5) is 13.3. The van der Waals surface area contributed by atoms with Crippen molar-refractivity contribution in [2.75, 3.05) is 18.9 Å². The van der Waals surface area contributed by atoms with Crippen LogP contribution in [0.2, 0.25) is 0 Å². The van der Waals surface area contributed by atoms with Crippen LogP contribution in [0.4, 0.5) is 10.5 Å². The molecule has 1 N–H and O–H groups in total. The smallest absolute Gasteiger partial charge is 0.321 e. The number of amides is 2.